The Morgan fingerprint density at radius 1 is 0.750 bits per heavy atom. The Bertz CT molecular complexity index is 800. The maximum Gasteiger partial charge on any atom is 0.0722 e. The zero-order valence-corrected chi connectivity index (χ0v) is 11.2. The summed E-state index contributed by atoms with van der Waals surface area (Å²) in [4.78, 5) is 4.76. The summed E-state index contributed by atoms with van der Waals surface area (Å²) in [5.74, 6) is 0. The Morgan fingerprint density at radius 2 is 1.45 bits per heavy atom. The Morgan fingerprint density at radius 3 is 2.25 bits per heavy atom. The average molecular weight is 257 g/mol. The second-order valence-corrected chi connectivity index (χ2v) is 5.20. The van der Waals surface area contributed by atoms with Crippen molar-refractivity contribution in [2.75, 3.05) is 6.54 Å². The molecule has 0 fully saturated rings. The first-order valence-electron chi connectivity index (χ1n) is 7.04. The van der Waals surface area contributed by atoms with E-state index < -0.39 is 0 Å². The molecule has 0 saturated heterocycles. The highest BCUT2D eigenvalue weighted by Crippen LogP contribution is 2.26. The maximum absolute atomic E-state index is 4.76. The zero-order valence-electron chi connectivity index (χ0n) is 11.2. The van der Waals surface area contributed by atoms with Gasteiger partial charge in [-0.3, -0.25) is 4.99 Å². The van der Waals surface area contributed by atoms with Gasteiger partial charge in [-0.25, -0.2) is 0 Å². The van der Waals surface area contributed by atoms with Crippen LogP contribution >= 0.6 is 0 Å². The predicted octanol–water partition coefficient (Wildman–Crippen LogP) is 4.23. The van der Waals surface area contributed by atoms with Crippen LogP contribution in [0.15, 0.2) is 71.7 Å². The zero-order chi connectivity index (χ0) is 13.4. The van der Waals surface area contributed by atoms with Gasteiger partial charge in [0.15, 0.2) is 0 Å². The molecule has 0 radical (unpaired) electrons. The summed E-state index contributed by atoms with van der Waals surface area (Å²) in [6.45, 7) is 0.884. The Balaban J connectivity index is 1.94. The normalized spacial score (nSPS) is 13.9. The first-order valence-corrected chi connectivity index (χ1v) is 7.04. The van der Waals surface area contributed by atoms with Crippen molar-refractivity contribution in [2.24, 2.45) is 4.99 Å². The molecule has 1 heteroatoms. The van der Waals surface area contributed by atoms with Crippen molar-refractivity contribution in [3.8, 4) is 0 Å². The van der Waals surface area contributed by atoms with Crippen molar-refractivity contribution in [1.29, 1.82) is 0 Å². The molecule has 0 saturated carbocycles. The van der Waals surface area contributed by atoms with Gasteiger partial charge in [-0.1, -0.05) is 60.7 Å². The van der Waals surface area contributed by atoms with Gasteiger partial charge in [0.25, 0.3) is 0 Å². The third kappa shape index (κ3) is 1.83. The summed E-state index contributed by atoms with van der Waals surface area (Å²) in [6, 6.07) is 23.6. The molecular formula is C19H15N. The molecule has 0 unspecified atom stereocenters. The van der Waals surface area contributed by atoms with E-state index in [1.807, 2.05) is 6.07 Å². The summed E-state index contributed by atoms with van der Waals surface area (Å²) < 4.78 is 0. The molecule has 0 atom stereocenters. The molecule has 0 aromatic heterocycles. The Kier molecular flexibility index (Phi) is 2.63. The molecule has 0 N–H and O–H groups in total. The van der Waals surface area contributed by atoms with Crippen molar-refractivity contribution < 1.29 is 0 Å². The number of hydrogen-bond donors (Lipinski definition) is 0. The van der Waals surface area contributed by atoms with Crippen LogP contribution in [0.5, 0.6) is 0 Å². The van der Waals surface area contributed by atoms with Gasteiger partial charge in [-0.15, -0.1) is 0 Å². The average Bonchev–Trinajstić information content (AvgIpc) is 2.53. The molecule has 1 aliphatic rings. The third-order valence-electron chi connectivity index (χ3n) is 3.92. The van der Waals surface area contributed by atoms with Crippen molar-refractivity contribution in [3.05, 3.63) is 83.4 Å². The number of fused-ring (bicyclic) bond motifs is 2. The first kappa shape index (κ1) is 11.4. The molecule has 0 spiro atoms. The minimum Gasteiger partial charge on any atom is -0.284 e. The van der Waals surface area contributed by atoms with E-state index in [0.717, 1.165) is 18.7 Å². The van der Waals surface area contributed by atoms with E-state index in [1.54, 1.807) is 0 Å². The van der Waals surface area contributed by atoms with Gasteiger partial charge >= 0.3 is 0 Å². The fourth-order valence-electron chi connectivity index (χ4n) is 2.93. The standard InChI is InChI=1S/C19H15N/c1-2-6-14(7-3-1)19-18-13-16-9-5-4-8-15(16)12-17(18)10-11-20-19/h1-9,12-13H,10-11H2. The minimum absolute atomic E-state index is 0.884. The summed E-state index contributed by atoms with van der Waals surface area (Å²) >= 11 is 0. The van der Waals surface area contributed by atoms with Crippen LogP contribution < -0.4 is 0 Å². The molecule has 0 amide bonds. The predicted molar refractivity (Wildman–Crippen MR) is 84.6 cm³/mol. The Labute approximate surface area is 118 Å². The first-order chi connectivity index (χ1) is 9.92. The van der Waals surface area contributed by atoms with E-state index in [9.17, 15) is 0 Å². The summed E-state index contributed by atoms with van der Waals surface area (Å²) in [5.41, 5.74) is 5.06. The number of nitrogens with zero attached hydrogens (tertiary/aromatic N) is 1. The summed E-state index contributed by atoms with van der Waals surface area (Å²) in [5, 5.41) is 2.61. The lowest BCUT2D eigenvalue weighted by atomic mass is 9.91. The SMILES string of the molecule is c1ccc(C2=NCCc3cc4ccccc4cc32)cc1. The fraction of sp³-hybridized carbons (Fsp3) is 0.105. The molecule has 1 heterocycles. The van der Waals surface area contributed by atoms with Crippen molar-refractivity contribution in [2.45, 2.75) is 6.42 Å². The van der Waals surface area contributed by atoms with Gasteiger partial charge in [0.2, 0.25) is 0 Å². The van der Waals surface area contributed by atoms with Crippen LogP contribution in [-0.4, -0.2) is 12.3 Å². The topological polar surface area (TPSA) is 12.4 Å². The van der Waals surface area contributed by atoms with E-state index in [0.29, 0.717) is 0 Å². The third-order valence-corrected chi connectivity index (χ3v) is 3.92. The van der Waals surface area contributed by atoms with Crippen LogP contribution in [0.2, 0.25) is 0 Å². The number of rotatable bonds is 1. The van der Waals surface area contributed by atoms with Crippen LogP contribution in [-0.2, 0) is 6.42 Å². The van der Waals surface area contributed by atoms with Crippen molar-refractivity contribution in [3.63, 3.8) is 0 Å². The van der Waals surface area contributed by atoms with E-state index in [2.05, 4.69) is 60.7 Å². The molecule has 1 nitrogen and oxygen atoms in total. The van der Waals surface area contributed by atoms with Gasteiger partial charge < -0.3 is 0 Å². The van der Waals surface area contributed by atoms with E-state index in [4.69, 9.17) is 4.99 Å². The highest BCUT2D eigenvalue weighted by Gasteiger charge is 2.16. The minimum atomic E-state index is 0.884. The molecule has 0 aliphatic carbocycles. The lowest BCUT2D eigenvalue weighted by molar-refractivity contribution is 0.946. The van der Waals surface area contributed by atoms with Crippen molar-refractivity contribution in [1.82, 2.24) is 0 Å². The van der Waals surface area contributed by atoms with Gasteiger partial charge in [0, 0.05) is 17.7 Å². The van der Waals surface area contributed by atoms with Crippen LogP contribution in [0.1, 0.15) is 16.7 Å². The van der Waals surface area contributed by atoms with Crippen LogP contribution in [0.25, 0.3) is 10.8 Å². The highest BCUT2D eigenvalue weighted by atomic mass is 14.7. The molecule has 3 aromatic carbocycles. The summed E-state index contributed by atoms with van der Waals surface area (Å²) in [7, 11) is 0. The van der Waals surface area contributed by atoms with Gasteiger partial charge in [-0.2, -0.15) is 0 Å². The maximum atomic E-state index is 4.76. The van der Waals surface area contributed by atoms with E-state index in [1.165, 1.54) is 27.5 Å². The van der Waals surface area contributed by atoms with E-state index >= 15 is 0 Å². The fourth-order valence-corrected chi connectivity index (χ4v) is 2.93. The van der Waals surface area contributed by atoms with Crippen LogP contribution in [0.4, 0.5) is 0 Å². The molecule has 3 aromatic rings. The molecule has 20 heavy (non-hydrogen) atoms. The number of benzene rings is 3. The lowest BCUT2D eigenvalue weighted by Gasteiger charge is -2.18. The van der Waals surface area contributed by atoms with Gasteiger partial charge in [-0.05, 0) is 28.8 Å². The molecule has 1 aliphatic heterocycles. The number of hydrogen-bond acceptors (Lipinski definition) is 1. The quantitative estimate of drug-likeness (QED) is 0.618. The Hall–Kier alpha value is -2.41. The second kappa shape index (κ2) is 4.61. The van der Waals surface area contributed by atoms with Gasteiger partial charge in [0.1, 0.15) is 0 Å². The van der Waals surface area contributed by atoms with Crippen LogP contribution in [0.3, 0.4) is 0 Å². The molecule has 96 valence electrons. The summed E-state index contributed by atoms with van der Waals surface area (Å²) in [6.07, 6.45) is 1.04. The lowest BCUT2D eigenvalue weighted by Crippen LogP contribution is -2.14. The molecular weight excluding hydrogens is 242 g/mol. The molecule has 0 bridgehead atoms. The van der Waals surface area contributed by atoms with Crippen molar-refractivity contribution >= 4 is 16.5 Å². The smallest absolute Gasteiger partial charge is 0.0722 e. The number of aliphatic imine (C=N–C) groups is 1. The molecule has 4 rings (SSSR count). The largest absolute Gasteiger partial charge is 0.284 e. The highest BCUT2D eigenvalue weighted by molar-refractivity contribution is 6.15. The van der Waals surface area contributed by atoms with E-state index in [-0.39, 0.29) is 0 Å². The second-order valence-electron chi connectivity index (χ2n) is 5.20. The van der Waals surface area contributed by atoms with Gasteiger partial charge in [0.05, 0.1) is 5.71 Å². The monoisotopic (exact) mass is 257 g/mol. The van der Waals surface area contributed by atoms with Crippen LogP contribution in [0, 0.1) is 0 Å².